The Morgan fingerprint density at radius 2 is 2.08 bits per heavy atom. The summed E-state index contributed by atoms with van der Waals surface area (Å²) in [5, 5.41) is 24.1. The Kier molecular flexibility index (Phi) is 7.12. The largest absolute Gasteiger partial charge is 0.389 e. The van der Waals surface area contributed by atoms with E-state index in [0.29, 0.717) is 22.3 Å². The fourth-order valence-electron chi connectivity index (χ4n) is 2.21. The second kappa shape index (κ2) is 9.31. The van der Waals surface area contributed by atoms with Gasteiger partial charge in [0.1, 0.15) is 0 Å². The summed E-state index contributed by atoms with van der Waals surface area (Å²) in [5.41, 5.74) is 2.06. The van der Waals surface area contributed by atoms with Crippen LogP contribution in [0.25, 0.3) is 6.08 Å². The smallest absolute Gasteiger partial charge is 0.277 e. The predicted molar refractivity (Wildman–Crippen MR) is 101 cm³/mol. The van der Waals surface area contributed by atoms with Crippen molar-refractivity contribution in [3.05, 3.63) is 74.8 Å². The molecule has 0 bridgehead atoms. The third-order valence-electron chi connectivity index (χ3n) is 3.48. The average Bonchev–Trinajstić information content (AvgIpc) is 2.61. The van der Waals surface area contributed by atoms with Crippen LogP contribution in [0, 0.1) is 10.1 Å². The van der Waals surface area contributed by atoms with Gasteiger partial charge in [0, 0.05) is 22.8 Å². The molecule has 1 atom stereocenters. The zero-order chi connectivity index (χ0) is 18.2. The highest BCUT2D eigenvalue weighted by atomic mass is 79.9. The highest BCUT2D eigenvalue weighted by Gasteiger charge is 2.15. The van der Waals surface area contributed by atoms with Crippen molar-refractivity contribution in [2.24, 2.45) is 0 Å². The molecule has 2 aromatic rings. The van der Waals surface area contributed by atoms with E-state index in [0.717, 1.165) is 5.56 Å². The molecule has 25 heavy (non-hydrogen) atoms. The lowest BCUT2D eigenvalue weighted by atomic mass is 10.1. The third-order valence-corrected chi connectivity index (χ3v) is 4.14. The van der Waals surface area contributed by atoms with Crippen LogP contribution in [0.4, 0.5) is 11.4 Å². The third kappa shape index (κ3) is 5.67. The van der Waals surface area contributed by atoms with Gasteiger partial charge in [-0.15, -0.1) is 0 Å². The average molecular weight is 407 g/mol. The topological polar surface area (TPSA) is 84.6 Å². The molecule has 132 valence electrons. The summed E-state index contributed by atoms with van der Waals surface area (Å²) in [6, 6.07) is 12.7. The molecule has 0 fully saturated rings. The number of aliphatic hydroxyl groups excluding tert-OH is 1. The van der Waals surface area contributed by atoms with Crippen LogP contribution >= 0.6 is 15.9 Å². The summed E-state index contributed by atoms with van der Waals surface area (Å²) in [5.74, 6) is 0. The van der Waals surface area contributed by atoms with Crippen LogP contribution in [0.3, 0.4) is 0 Å². The van der Waals surface area contributed by atoms with Crippen LogP contribution in [0.2, 0.25) is 0 Å². The number of ether oxygens (including phenoxy) is 1. The number of hydrogen-bond donors (Lipinski definition) is 2. The van der Waals surface area contributed by atoms with Crippen molar-refractivity contribution in [2.45, 2.75) is 12.7 Å². The monoisotopic (exact) mass is 406 g/mol. The molecule has 0 heterocycles. The zero-order valence-electron chi connectivity index (χ0n) is 13.5. The van der Waals surface area contributed by atoms with Crippen molar-refractivity contribution in [1.29, 1.82) is 0 Å². The number of nitro groups is 1. The quantitative estimate of drug-likeness (QED) is 0.485. The number of nitrogens with zero attached hydrogens (tertiary/aromatic N) is 1. The zero-order valence-corrected chi connectivity index (χ0v) is 15.1. The molecule has 0 amide bonds. The van der Waals surface area contributed by atoms with Gasteiger partial charge in [-0.1, -0.05) is 43.0 Å². The Bertz CT molecular complexity index is 737. The van der Waals surface area contributed by atoms with Gasteiger partial charge < -0.3 is 15.2 Å². The first-order valence-corrected chi connectivity index (χ1v) is 8.44. The standard InChI is InChI=1S/C18H19BrN2O4/c1-2-14-8-17(16(19)9-18(14)21(23)24)20-10-15(22)12-25-11-13-6-4-3-5-7-13/h2-9,15,20,22H,1,10-12H2/t15-/m1/s1. The van der Waals surface area contributed by atoms with Crippen LogP contribution in [-0.2, 0) is 11.3 Å². The van der Waals surface area contributed by atoms with Crippen molar-refractivity contribution in [1.82, 2.24) is 0 Å². The van der Waals surface area contributed by atoms with Crippen molar-refractivity contribution in [3.63, 3.8) is 0 Å². The summed E-state index contributed by atoms with van der Waals surface area (Å²) < 4.78 is 6.03. The van der Waals surface area contributed by atoms with Crippen molar-refractivity contribution >= 4 is 33.4 Å². The molecule has 0 aliphatic heterocycles. The predicted octanol–water partition coefficient (Wildman–Crippen LogP) is 3.99. The Morgan fingerprint density at radius 3 is 2.72 bits per heavy atom. The number of aliphatic hydroxyl groups is 1. The van der Waals surface area contributed by atoms with Crippen molar-refractivity contribution < 1.29 is 14.8 Å². The van der Waals surface area contributed by atoms with E-state index in [1.165, 1.54) is 12.1 Å². The maximum absolute atomic E-state index is 11.0. The SMILES string of the molecule is C=Cc1cc(NC[C@@H](O)COCc2ccccc2)c(Br)cc1[N+](=O)[O-]. The molecule has 0 unspecified atom stereocenters. The van der Waals surface area contributed by atoms with Gasteiger partial charge in [0.15, 0.2) is 0 Å². The first-order chi connectivity index (χ1) is 12.0. The number of hydrogen-bond acceptors (Lipinski definition) is 5. The number of anilines is 1. The lowest BCUT2D eigenvalue weighted by molar-refractivity contribution is -0.385. The van der Waals surface area contributed by atoms with E-state index in [1.807, 2.05) is 30.3 Å². The first-order valence-electron chi connectivity index (χ1n) is 7.65. The molecule has 2 aromatic carbocycles. The van der Waals surface area contributed by atoms with Gasteiger partial charge in [-0.3, -0.25) is 10.1 Å². The van der Waals surface area contributed by atoms with Gasteiger partial charge in [-0.05, 0) is 27.6 Å². The van der Waals surface area contributed by atoms with Gasteiger partial charge in [-0.2, -0.15) is 0 Å². The number of halogens is 1. The van der Waals surface area contributed by atoms with Gasteiger partial charge in [-0.25, -0.2) is 0 Å². The highest BCUT2D eigenvalue weighted by molar-refractivity contribution is 9.10. The number of nitro benzene ring substituents is 1. The van der Waals surface area contributed by atoms with Crippen LogP contribution in [0.1, 0.15) is 11.1 Å². The fourth-order valence-corrected chi connectivity index (χ4v) is 2.68. The molecule has 2 rings (SSSR count). The van der Waals surface area contributed by atoms with E-state index in [1.54, 1.807) is 6.07 Å². The number of nitrogens with one attached hydrogen (secondary N) is 1. The van der Waals surface area contributed by atoms with E-state index < -0.39 is 11.0 Å². The molecule has 0 saturated heterocycles. The number of rotatable bonds is 9. The molecular weight excluding hydrogens is 388 g/mol. The van der Waals surface area contributed by atoms with Crippen molar-refractivity contribution in [3.8, 4) is 0 Å². The Balaban J connectivity index is 1.87. The minimum absolute atomic E-state index is 0.0285. The van der Waals surface area contributed by atoms with E-state index >= 15 is 0 Å². The summed E-state index contributed by atoms with van der Waals surface area (Å²) in [4.78, 5) is 10.5. The summed E-state index contributed by atoms with van der Waals surface area (Å²) in [6.07, 6.45) is 0.716. The van der Waals surface area contributed by atoms with Gasteiger partial charge in [0.25, 0.3) is 5.69 Å². The molecule has 7 heteroatoms. The minimum atomic E-state index is -0.710. The normalized spacial score (nSPS) is 11.8. The second-order valence-electron chi connectivity index (χ2n) is 5.39. The van der Waals surface area contributed by atoms with Gasteiger partial charge >= 0.3 is 0 Å². The molecule has 0 radical (unpaired) electrons. The van der Waals surface area contributed by atoms with Crippen LogP contribution in [0.5, 0.6) is 0 Å². The molecule has 0 spiro atoms. The summed E-state index contributed by atoms with van der Waals surface area (Å²) in [7, 11) is 0. The first kappa shape index (κ1) is 19.1. The number of benzene rings is 2. The highest BCUT2D eigenvalue weighted by Crippen LogP contribution is 2.31. The lowest BCUT2D eigenvalue weighted by Crippen LogP contribution is -2.25. The molecular formula is C18H19BrN2O4. The lowest BCUT2D eigenvalue weighted by Gasteiger charge is -2.15. The van der Waals surface area contributed by atoms with Crippen LogP contribution in [-0.4, -0.2) is 29.3 Å². The molecule has 0 aromatic heterocycles. The molecule has 6 nitrogen and oxygen atoms in total. The van der Waals surface area contributed by atoms with E-state index in [-0.39, 0.29) is 18.8 Å². The van der Waals surface area contributed by atoms with Crippen LogP contribution in [0.15, 0.2) is 53.5 Å². The summed E-state index contributed by atoms with van der Waals surface area (Å²) in [6.45, 7) is 4.46. The van der Waals surface area contributed by atoms with E-state index in [4.69, 9.17) is 4.74 Å². The molecule has 0 saturated carbocycles. The van der Waals surface area contributed by atoms with Gasteiger partial charge in [0.2, 0.25) is 0 Å². The van der Waals surface area contributed by atoms with Crippen LogP contribution < -0.4 is 5.32 Å². The molecule has 2 N–H and O–H groups in total. The Morgan fingerprint density at radius 1 is 1.36 bits per heavy atom. The fraction of sp³-hybridized carbons (Fsp3) is 0.222. The van der Waals surface area contributed by atoms with Gasteiger partial charge in [0.05, 0.1) is 29.8 Å². The Hall–Kier alpha value is -2.22. The van der Waals surface area contributed by atoms with E-state index in [2.05, 4.69) is 27.8 Å². The maximum atomic E-state index is 11.0. The summed E-state index contributed by atoms with van der Waals surface area (Å²) >= 11 is 3.30. The Labute approximate surface area is 154 Å². The maximum Gasteiger partial charge on any atom is 0.277 e. The second-order valence-corrected chi connectivity index (χ2v) is 6.24. The minimum Gasteiger partial charge on any atom is -0.389 e. The molecule has 0 aliphatic carbocycles. The van der Waals surface area contributed by atoms with Crippen molar-refractivity contribution in [2.75, 3.05) is 18.5 Å². The van der Waals surface area contributed by atoms with E-state index in [9.17, 15) is 15.2 Å². The molecule has 0 aliphatic rings.